The van der Waals surface area contributed by atoms with E-state index in [9.17, 15) is 14.7 Å². The summed E-state index contributed by atoms with van der Waals surface area (Å²) in [6, 6.07) is 16.2. The van der Waals surface area contributed by atoms with Crippen molar-refractivity contribution in [2.24, 2.45) is 0 Å². The van der Waals surface area contributed by atoms with Crippen LogP contribution in [-0.4, -0.2) is 53.2 Å². The quantitative estimate of drug-likeness (QED) is 0.379. The van der Waals surface area contributed by atoms with Gasteiger partial charge in [0.25, 0.3) is 5.91 Å². The number of anilines is 2. The van der Waals surface area contributed by atoms with Crippen LogP contribution in [0.2, 0.25) is 0 Å². The molecule has 1 aromatic heterocycles. The maximum atomic E-state index is 13.0. The molecule has 0 bridgehead atoms. The Morgan fingerprint density at radius 1 is 1.06 bits per heavy atom. The van der Waals surface area contributed by atoms with Gasteiger partial charge in [0, 0.05) is 43.6 Å². The van der Waals surface area contributed by atoms with E-state index >= 15 is 0 Å². The second-order valence-electron chi connectivity index (χ2n) is 9.71. The van der Waals surface area contributed by atoms with E-state index in [1.807, 2.05) is 65.2 Å². The maximum absolute atomic E-state index is 13.0. The van der Waals surface area contributed by atoms with E-state index in [1.54, 1.807) is 29.2 Å². The van der Waals surface area contributed by atoms with Crippen LogP contribution in [0.1, 0.15) is 49.2 Å². The molecule has 2 aromatic carbocycles. The lowest BCUT2D eigenvalue weighted by molar-refractivity contribution is 0.0942. The van der Waals surface area contributed by atoms with Crippen molar-refractivity contribution < 1.29 is 14.7 Å². The summed E-state index contributed by atoms with van der Waals surface area (Å²) in [5, 5.41) is 19.1. The Morgan fingerprint density at radius 3 is 2.44 bits per heavy atom. The number of nitrogens with one attached hydrogen (secondary N) is 3. The van der Waals surface area contributed by atoms with Crippen LogP contribution in [0.5, 0.6) is 0 Å². The number of rotatable bonds is 8. The summed E-state index contributed by atoms with van der Waals surface area (Å²) in [6.45, 7) is 5.93. The molecule has 190 valence electrons. The van der Waals surface area contributed by atoms with Crippen molar-refractivity contribution in [3.63, 3.8) is 0 Å². The third-order valence-corrected chi connectivity index (χ3v) is 5.19. The van der Waals surface area contributed by atoms with Gasteiger partial charge in [0.05, 0.1) is 17.4 Å². The minimum absolute atomic E-state index is 0.242. The number of hydrogen-bond donors (Lipinski definition) is 4. The fraction of sp³-hybridized carbons (Fsp3) is 0.333. The monoisotopic (exact) mass is 490 g/mol. The van der Waals surface area contributed by atoms with Crippen LogP contribution in [0.3, 0.4) is 0 Å². The van der Waals surface area contributed by atoms with Crippen molar-refractivity contribution in [2.75, 3.05) is 30.9 Å². The second kappa shape index (κ2) is 11.6. The number of aliphatic hydroxyl groups excluding tert-OH is 1. The number of aromatic nitrogens is 2. The molecule has 1 heterocycles. The van der Waals surface area contributed by atoms with Gasteiger partial charge in [-0.3, -0.25) is 4.79 Å². The summed E-state index contributed by atoms with van der Waals surface area (Å²) in [6.07, 6.45) is 0.994. The molecule has 0 saturated carbocycles. The summed E-state index contributed by atoms with van der Waals surface area (Å²) >= 11 is 0. The Balaban J connectivity index is 1.64. The van der Waals surface area contributed by atoms with Gasteiger partial charge in [-0.05, 0) is 44.9 Å². The van der Waals surface area contributed by atoms with E-state index in [0.717, 1.165) is 5.56 Å². The molecule has 9 nitrogen and oxygen atoms in total. The van der Waals surface area contributed by atoms with Crippen molar-refractivity contribution in [1.29, 1.82) is 0 Å². The molecule has 0 spiro atoms. The van der Waals surface area contributed by atoms with Crippen molar-refractivity contribution >= 4 is 23.6 Å². The first-order chi connectivity index (χ1) is 17.0. The van der Waals surface area contributed by atoms with E-state index in [0.29, 0.717) is 34.9 Å². The van der Waals surface area contributed by atoms with E-state index in [4.69, 9.17) is 0 Å². The zero-order valence-electron chi connectivity index (χ0n) is 21.4. The van der Waals surface area contributed by atoms with Crippen molar-refractivity contribution in [1.82, 2.24) is 20.6 Å². The number of carbonyl (C=O) groups excluding carboxylic acids is 2. The number of nitrogens with zero attached hydrogens (tertiary/aromatic N) is 3. The highest BCUT2D eigenvalue weighted by Gasteiger charge is 2.18. The standard InChI is InChI=1S/C27H34N6O3/c1-27(2,3)32-26(36)30-20-13-9-12-19(16-20)22(34)14-15-28-24(35)21-17-29-25(33(4)5)31-23(21)18-10-7-6-8-11-18/h6-13,16-17,22,34H,14-15H2,1-5H3,(H,28,35)(H2,30,32,36). The van der Waals surface area contributed by atoms with Crippen LogP contribution < -0.4 is 20.9 Å². The largest absolute Gasteiger partial charge is 0.388 e. The third-order valence-electron chi connectivity index (χ3n) is 5.19. The molecule has 0 aliphatic carbocycles. The molecule has 3 amide bonds. The topological polar surface area (TPSA) is 119 Å². The Bertz CT molecular complexity index is 1190. The van der Waals surface area contributed by atoms with Gasteiger partial charge >= 0.3 is 6.03 Å². The first kappa shape index (κ1) is 26.6. The minimum atomic E-state index is -0.821. The molecule has 9 heteroatoms. The van der Waals surface area contributed by atoms with Gasteiger partial charge in [0.1, 0.15) is 0 Å². The van der Waals surface area contributed by atoms with Crippen molar-refractivity contribution in [3.8, 4) is 11.3 Å². The van der Waals surface area contributed by atoms with Gasteiger partial charge < -0.3 is 26.0 Å². The fourth-order valence-corrected chi connectivity index (χ4v) is 3.48. The van der Waals surface area contributed by atoms with Crippen LogP contribution in [0.15, 0.2) is 60.8 Å². The Morgan fingerprint density at radius 2 is 1.78 bits per heavy atom. The lowest BCUT2D eigenvalue weighted by Crippen LogP contribution is -2.43. The summed E-state index contributed by atoms with van der Waals surface area (Å²) in [5.41, 5.74) is 2.56. The van der Waals surface area contributed by atoms with Gasteiger partial charge in [0.2, 0.25) is 5.95 Å². The summed E-state index contributed by atoms with van der Waals surface area (Å²) in [7, 11) is 3.68. The Hall–Kier alpha value is -3.98. The van der Waals surface area contributed by atoms with Crippen LogP contribution in [0, 0.1) is 0 Å². The molecular formula is C27H34N6O3. The summed E-state index contributed by atoms with van der Waals surface area (Å²) in [5.74, 6) is 0.186. The normalized spacial score (nSPS) is 11.9. The fourth-order valence-electron chi connectivity index (χ4n) is 3.48. The first-order valence-corrected chi connectivity index (χ1v) is 11.8. The molecule has 0 aliphatic rings. The molecule has 3 aromatic rings. The maximum Gasteiger partial charge on any atom is 0.319 e. The smallest absolute Gasteiger partial charge is 0.319 e. The highest BCUT2D eigenvalue weighted by atomic mass is 16.3. The lowest BCUT2D eigenvalue weighted by Gasteiger charge is -2.21. The average Bonchev–Trinajstić information content (AvgIpc) is 2.83. The van der Waals surface area contributed by atoms with Gasteiger partial charge in [-0.25, -0.2) is 14.8 Å². The van der Waals surface area contributed by atoms with Gasteiger partial charge in [-0.1, -0.05) is 42.5 Å². The highest BCUT2D eigenvalue weighted by molar-refractivity contribution is 5.99. The van der Waals surface area contributed by atoms with E-state index in [-0.39, 0.29) is 24.0 Å². The first-order valence-electron chi connectivity index (χ1n) is 11.8. The zero-order chi connectivity index (χ0) is 26.3. The predicted molar refractivity (Wildman–Crippen MR) is 142 cm³/mol. The molecule has 0 radical (unpaired) electrons. The number of hydrogen-bond acceptors (Lipinski definition) is 6. The van der Waals surface area contributed by atoms with Crippen LogP contribution in [-0.2, 0) is 0 Å². The molecule has 4 N–H and O–H groups in total. The van der Waals surface area contributed by atoms with E-state index in [1.165, 1.54) is 6.20 Å². The van der Waals surface area contributed by atoms with Crippen molar-refractivity contribution in [3.05, 3.63) is 71.9 Å². The summed E-state index contributed by atoms with van der Waals surface area (Å²) in [4.78, 5) is 35.8. The van der Waals surface area contributed by atoms with Crippen LogP contribution in [0.4, 0.5) is 16.4 Å². The molecule has 1 unspecified atom stereocenters. The Kier molecular flexibility index (Phi) is 8.60. The van der Waals surface area contributed by atoms with Gasteiger partial charge in [-0.15, -0.1) is 0 Å². The Labute approximate surface area is 212 Å². The number of urea groups is 1. The molecule has 0 aliphatic heterocycles. The minimum Gasteiger partial charge on any atom is -0.388 e. The predicted octanol–water partition coefficient (Wildman–Crippen LogP) is 3.98. The average molecular weight is 491 g/mol. The van der Waals surface area contributed by atoms with Gasteiger partial charge in [-0.2, -0.15) is 0 Å². The third kappa shape index (κ3) is 7.51. The van der Waals surface area contributed by atoms with Crippen LogP contribution >= 0.6 is 0 Å². The van der Waals surface area contributed by atoms with E-state index < -0.39 is 6.10 Å². The number of amides is 3. The number of benzene rings is 2. The molecule has 1 atom stereocenters. The number of carbonyl (C=O) groups is 2. The molecule has 3 rings (SSSR count). The summed E-state index contributed by atoms with van der Waals surface area (Å²) < 4.78 is 0. The number of aliphatic hydroxyl groups is 1. The van der Waals surface area contributed by atoms with Crippen LogP contribution in [0.25, 0.3) is 11.3 Å². The highest BCUT2D eigenvalue weighted by Crippen LogP contribution is 2.24. The molecule has 36 heavy (non-hydrogen) atoms. The van der Waals surface area contributed by atoms with E-state index in [2.05, 4.69) is 25.9 Å². The second-order valence-corrected chi connectivity index (χ2v) is 9.71. The van der Waals surface area contributed by atoms with Crippen molar-refractivity contribution in [2.45, 2.75) is 38.8 Å². The molecule has 0 saturated heterocycles. The molecular weight excluding hydrogens is 456 g/mol. The zero-order valence-corrected chi connectivity index (χ0v) is 21.4. The van der Waals surface area contributed by atoms with Gasteiger partial charge in [0.15, 0.2) is 0 Å². The lowest BCUT2D eigenvalue weighted by atomic mass is 10.0. The molecule has 0 fully saturated rings. The SMILES string of the molecule is CN(C)c1ncc(C(=O)NCCC(O)c2cccc(NC(=O)NC(C)(C)C)c2)c(-c2ccccc2)n1.